The molecular formula is C22H17FN2O2. The van der Waals surface area contributed by atoms with Crippen molar-refractivity contribution in [3.63, 3.8) is 0 Å². The lowest BCUT2D eigenvalue weighted by atomic mass is 10.1. The summed E-state index contributed by atoms with van der Waals surface area (Å²) in [5, 5.41) is 6.76. The summed E-state index contributed by atoms with van der Waals surface area (Å²) in [6, 6.07) is 23.0. The standard InChI is InChI=1S/C22H17FN2O2/c23-18-12-6-4-8-15(18)14-24-20-17-11-5-7-13-19(17)27-21(20)22(26)25-16-9-2-1-3-10-16/h1-13,24H,14H2,(H,25,26). The van der Waals surface area contributed by atoms with Crippen molar-refractivity contribution in [2.45, 2.75) is 6.54 Å². The number of para-hydroxylation sites is 2. The highest BCUT2D eigenvalue weighted by molar-refractivity contribution is 6.11. The average molecular weight is 360 g/mol. The Morgan fingerprint density at radius 3 is 2.41 bits per heavy atom. The van der Waals surface area contributed by atoms with Gasteiger partial charge in [0.05, 0.1) is 5.69 Å². The minimum absolute atomic E-state index is 0.163. The number of hydrogen-bond donors (Lipinski definition) is 2. The first-order valence-electron chi connectivity index (χ1n) is 8.57. The Kier molecular flexibility index (Phi) is 4.58. The summed E-state index contributed by atoms with van der Waals surface area (Å²) in [7, 11) is 0. The van der Waals surface area contributed by atoms with Crippen LogP contribution in [0.3, 0.4) is 0 Å². The van der Waals surface area contributed by atoms with Crippen LogP contribution in [0.25, 0.3) is 11.0 Å². The minimum Gasteiger partial charge on any atom is -0.449 e. The molecule has 0 atom stereocenters. The highest BCUT2D eigenvalue weighted by Crippen LogP contribution is 2.32. The SMILES string of the molecule is O=C(Nc1ccccc1)c1oc2ccccc2c1NCc1ccccc1F. The van der Waals surface area contributed by atoms with Gasteiger partial charge >= 0.3 is 0 Å². The molecule has 134 valence electrons. The smallest absolute Gasteiger partial charge is 0.293 e. The van der Waals surface area contributed by atoms with Gasteiger partial charge in [-0.3, -0.25) is 4.79 Å². The van der Waals surface area contributed by atoms with Crippen LogP contribution in [0.1, 0.15) is 16.1 Å². The molecule has 0 fully saturated rings. The van der Waals surface area contributed by atoms with Gasteiger partial charge in [0.2, 0.25) is 5.76 Å². The van der Waals surface area contributed by atoms with E-state index in [-0.39, 0.29) is 24.0 Å². The van der Waals surface area contributed by atoms with E-state index in [0.29, 0.717) is 22.5 Å². The van der Waals surface area contributed by atoms with Crippen LogP contribution in [0, 0.1) is 5.82 Å². The molecule has 3 aromatic carbocycles. The molecule has 0 aliphatic rings. The van der Waals surface area contributed by atoms with Crippen LogP contribution in [0.5, 0.6) is 0 Å². The second-order valence-electron chi connectivity index (χ2n) is 6.07. The Morgan fingerprint density at radius 1 is 0.889 bits per heavy atom. The van der Waals surface area contributed by atoms with Gasteiger partial charge in [0.15, 0.2) is 0 Å². The van der Waals surface area contributed by atoms with E-state index in [1.807, 2.05) is 36.4 Å². The molecule has 27 heavy (non-hydrogen) atoms. The van der Waals surface area contributed by atoms with Gasteiger partial charge in [-0.25, -0.2) is 4.39 Å². The first-order valence-corrected chi connectivity index (χ1v) is 8.57. The highest BCUT2D eigenvalue weighted by Gasteiger charge is 2.21. The number of anilines is 2. The largest absolute Gasteiger partial charge is 0.449 e. The Hall–Kier alpha value is -3.60. The number of nitrogens with one attached hydrogen (secondary N) is 2. The average Bonchev–Trinajstić information content (AvgIpc) is 3.07. The van der Waals surface area contributed by atoms with Crippen molar-refractivity contribution in [3.8, 4) is 0 Å². The van der Waals surface area contributed by atoms with Crippen LogP contribution in [-0.4, -0.2) is 5.91 Å². The van der Waals surface area contributed by atoms with Crippen molar-refractivity contribution in [2.75, 3.05) is 10.6 Å². The summed E-state index contributed by atoms with van der Waals surface area (Å²) in [6.45, 7) is 0.238. The molecule has 1 aromatic heterocycles. The quantitative estimate of drug-likeness (QED) is 0.498. The van der Waals surface area contributed by atoms with Crippen LogP contribution >= 0.6 is 0 Å². The Balaban J connectivity index is 1.67. The summed E-state index contributed by atoms with van der Waals surface area (Å²) in [5.74, 6) is -0.502. The third-order valence-electron chi connectivity index (χ3n) is 4.25. The molecule has 0 saturated carbocycles. The van der Waals surface area contributed by atoms with Crippen LogP contribution in [0.4, 0.5) is 15.8 Å². The lowest BCUT2D eigenvalue weighted by Gasteiger charge is -2.09. The number of halogens is 1. The molecular weight excluding hydrogens is 343 g/mol. The molecule has 5 heteroatoms. The molecule has 1 amide bonds. The van der Waals surface area contributed by atoms with Gasteiger partial charge in [-0.2, -0.15) is 0 Å². The summed E-state index contributed by atoms with van der Waals surface area (Å²) in [6.07, 6.45) is 0. The van der Waals surface area contributed by atoms with Crippen LogP contribution in [0.15, 0.2) is 83.3 Å². The maximum absolute atomic E-state index is 13.9. The van der Waals surface area contributed by atoms with Crippen molar-refractivity contribution >= 4 is 28.3 Å². The van der Waals surface area contributed by atoms with E-state index in [2.05, 4.69) is 10.6 Å². The number of fused-ring (bicyclic) bond motifs is 1. The number of carbonyl (C=O) groups excluding carboxylic acids is 1. The molecule has 0 aliphatic heterocycles. The normalized spacial score (nSPS) is 10.7. The van der Waals surface area contributed by atoms with Gasteiger partial charge in [-0.05, 0) is 30.3 Å². The fourth-order valence-electron chi connectivity index (χ4n) is 2.92. The van der Waals surface area contributed by atoms with Gasteiger partial charge in [0.25, 0.3) is 5.91 Å². The van der Waals surface area contributed by atoms with E-state index in [0.717, 1.165) is 5.39 Å². The molecule has 0 radical (unpaired) electrons. The molecule has 0 saturated heterocycles. The first-order chi connectivity index (χ1) is 13.2. The number of rotatable bonds is 5. The van der Waals surface area contributed by atoms with Crippen molar-refractivity contribution in [3.05, 3.63) is 96.0 Å². The number of furan rings is 1. The molecule has 4 rings (SSSR count). The van der Waals surface area contributed by atoms with E-state index < -0.39 is 0 Å². The fourth-order valence-corrected chi connectivity index (χ4v) is 2.92. The van der Waals surface area contributed by atoms with Crippen LogP contribution in [-0.2, 0) is 6.54 Å². The topological polar surface area (TPSA) is 54.3 Å². The molecule has 4 nitrogen and oxygen atoms in total. The Labute approximate surface area is 155 Å². The molecule has 0 aliphatic carbocycles. The minimum atomic E-state index is -0.367. The zero-order chi connectivity index (χ0) is 18.6. The summed E-state index contributed by atoms with van der Waals surface area (Å²) >= 11 is 0. The summed E-state index contributed by atoms with van der Waals surface area (Å²) in [4.78, 5) is 12.8. The number of carbonyl (C=O) groups is 1. The van der Waals surface area contributed by atoms with Gasteiger partial charge in [-0.15, -0.1) is 0 Å². The number of hydrogen-bond acceptors (Lipinski definition) is 3. The second kappa shape index (κ2) is 7.33. The molecule has 0 unspecified atom stereocenters. The zero-order valence-electron chi connectivity index (χ0n) is 14.4. The highest BCUT2D eigenvalue weighted by atomic mass is 19.1. The van der Waals surface area contributed by atoms with Crippen molar-refractivity contribution in [2.24, 2.45) is 0 Å². The van der Waals surface area contributed by atoms with Gasteiger partial charge < -0.3 is 15.1 Å². The third kappa shape index (κ3) is 3.53. The van der Waals surface area contributed by atoms with Gasteiger partial charge in [0, 0.05) is 23.2 Å². The van der Waals surface area contributed by atoms with Crippen molar-refractivity contribution < 1.29 is 13.6 Å². The monoisotopic (exact) mass is 360 g/mol. The summed E-state index contributed by atoms with van der Waals surface area (Å²) < 4.78 is 19.7. The lowest BCUT2D eigenvalue weighted by molar-refractivity contribution is 0.0999. The van der Waals surface area contributed by atoms with E-state index in [4.69, 9.17) is 4.42 Å². The molecule has 4 aromatic rings. The summed E-state index contributed by atoms with van der Waals surface area (Å²) in [5.41, 5.74) is 2.31. The molecule has 2 N–H and O–H groups in total. The third-order valence-corrected chi connectivity index (χ3v) is 4.25. The fraction of sp³-hybridized carbons (Fsp3) is 0.0455. The zero-order valence-corrected chi connectivity index (χ0v) is 14.4. The van der Waals surface area contributed by atoms with Crippen molar-refractivity contribution in [1.82, 2.24) is 0 Å². The van der Waals surface area contributed by atoms with E-state index in [1.54, 1.807) is 36.4 Å². The molecule has 1 heterocycles. The van der Waals surface area contributed by atoms with E-state index in [1.165, 1.54) is 6.07 Å². The Bertz CT molecular complexity index is 1090. The van der Waals surface area contributed by atoms with Crippen LogP contribution < -0.4 is 10.6 Å². The predicted octanol–water partition coefficient (Wildman–Crippen LogP) is 5.44. The lowest BCUT2D eigenvalue weighted by Crippen LogP contribution is -2.13. The van der Waals surface area contributed by atoms with Crippen LogP contribution in [0.2, 0.25) is 0 Å². The maximum Gasteiger partial charge on any atom is 0.293 e. The molecule has 0 spiro atoms. The first kappa shape index (κ1) is 16.8. The van der Waals surface area contributed by atoms with Crippen molar-refractivity contribution in [1.29, 1.82) is 0 Å². The molecule has 0 bridgehead atoms. The maximum atomic E-state index is 13.9. The van der Waals surface area contributed by atoms with E-state index >= 15 is 0 Å². The number of amides is 1. The van der Waals surface area contributed by atoms with Gasteiger partial charge in [0.1, 0.15) is 11.4 Å². The van der Waals surface area contributed by atoms with Gasteiger partial charge in [-0.1, -0.05) is 48.5 Å². The number of benzene rings is 3. The Morgan fingerprint density at radius 2 is 1.59 bits per heavy atom. The second-order valence-corrected chi connectivity index (χ2v) is 6.07. The predicted molar refractivity (Wildman–Crippen MR) is 104 cm³/mol. The van der Waals surface area contributed by atoms with E-state index in [9.17, 15) is 9.18 Å².